The molecule has 0 aromatic heterocycles. The second-order valence-electron chi connectivity index (χ2n) is 6.79. The maximum absolute atomic E-state index is 14.6. The zero-order chi connectivity index (χ0) is 22.1. The van der Waals surface area contributed by atoms with Crippen LogP contribution in [0.3, 0.4) is 0 Å². The standard InChI is InChI=1S/C19H21FN3O6P/c1-29-30(20,28)19(12-4-8-14(25)9-5-12)23-10-15(18(23)27)22-17(26)16(21)11-2-6-13(24)7-3-11/h2-9,15-16,19,24-25H,10,21H2,1H3,(H,22,26)/t15-,16+,19-,30-/m0/s1. The molecule has 1 aliphatic heterocycles. The Morgan fingerprint density at radius 1 is 1.17 bits per heavy atom. The molecular formula is C19H21FN3O6P. The molecule has 1 saturated heterocycles. The maximum Gasteiger partial charge on any atom is 0.393 e. The summed E-state index contributed by atoms with van der Waals surface area (Å²) in [6.07, 6.45) is 0. The summed E-state index contributed by atoms with van der Waals surface area (Å²) < 4.78 is 31.5. The summed E-state index contributed by atoms with van der Waals surface area (Å²) in [6.45, 7) is -0.102. The molecule has 11 heteroatoms. The molecule has 1 aliphatic rings. The van der Waals surface area contributed by atoms with Crippen molar-refractivity contribution in [2.24, 2.45) is 5.73 Å². The molecule has 2 amide bonds. The van der Waals surface area contributed by atoms with Crippen LogP contribution in [-0.4, -0.2) is 46.6 Å². The van der Waals surface area contributed by atoms with Crippen LogP contribution >= 0.6 is 7.68 Å². The number of carbonyl (C=O) groups is 2. The van der Waals surface area contributed by atoms with E-state index < -0.39 is 37.4 Å². The molecule has 0 bridgehead atoms. The first-order valence-corrected chi connectivity index (χ1v) is 10.5. The fourth-order valence-electron chi connectivity index (χ4n) is 3.15. The molecule has 30 heavy (non-hydrogen) atoms. The molecule has 0 aliphatic carbocycles. The number of rotatable bonds is 7. The summed E-state index contributed by atoms with van der Waals surface area (Å²) in [6, 6.07) is 8.91. The minimum Gasteiger partial charge on any atom is -0.508 e. The van der Waals surface area contributed by atoms with Crippen LogP contribution < -0.4 is 11.1 Å². The highest BCUT2D eigenvalue weighted by Gasteiger charge is 2.50. The minimum atomic E-state index is -4.75. The Morgan fingerprint density at radius 3 is 2.13 bits per heavy atom. The third-order valence-corrected chi connectivity index (χ3v) is 6.50. The van der Waals surface area contributed by atoms with Gasteiger partial charge in [-0.25, -0.2) is 0 Å². The van der Waals surface area contributed by atoms with Gasteiger partial charge in [0.15, 0.2) is 5.78 Å². The van der Waals surface area contributed by atoms with Crippen LogP contribution in [0.4, 0.5) is 4.20 Å². The zero-order valence-corrected chi connectivity index (χ0v) is 16.8. The number of amides is 2. The Labute approximate surface area is 171 Å². The van der Waals surface area contributed by atoms with Gasteiger partial charge in [-0.3, -0.25) is 14.2 Å². The average Bonchev–Trinajstić information content (AvgIpc) is 2.73. The predicted molar refractivity (Wildman–Crippen MR) is 105 cm³/mol. The molecule has 5 N–H and O–H groups in total. The van der Waals surface area contributed by atoms with Gasteiger partial charge in [0, 0.05) is 7.11 Å². The van der Waals surface area contributed by atoms with Gasteiger partial charge in [-0.2, -0.15) is 4.20 Å². The van der Waals surface area contributed by atoms with Gasteiger partial charge < -0.3 is 30.7 Å². The number of benzene rings is 2. The summed E-state index contributed by atoms with van der Waals surface area (Å²) in [5.74, 6) is -2.84. The van der Waals surface area contributed by atoms with Crippen LogP contribution in [0.2, 0.25) is 0 Å². The monoisotopic (exact) mass is 437 g/mol. The van der Waals surface area contributed by atoms with Gasteiger partial charge in [0.2, 0.25) is 11.8 Å². The highest BCUT2D eigenvalue weighted by atomic mass is 31.2. The highest BCUT2D eigenvalue weighted by Crippen LogP contribution is 2.63. The van der Waals surface area contributed by atoms with E-state index in [9.17, 15) is 28.6 Å². The number of nitrogens with two attached hydrogens (primary N) is 1. The van der Waals surface area contributed by atoms with Gasteiger partial charge in [-0.1, -0.05) is 24.3 Å². The predicted octanol–water partition coefficient (Wildman–Crippen LogP) is 1.93. The van der Waals surface area contributed by atoms with E-state index in [4.69, 9.17) is 5.73 Å². The van der Waals surface area contributed by atoms with Crippen LogP contribution in [0.5, 0.6) is 11.5 Å². The van der Waals surface area contributed by atoms with Gasteiger partial charge in [0.25, 0.3) is 0 Å². The first-order valence-electron chi connectivity index (χ1n) is 8.93. The van der Waals surface area contributed by atoms with Crippen molar-refractivity contribution in [1.29, 1.82) is 0 Å². The van der Waals surface area contributed by atoms with Gasteiger partial charge >= 0.3 is 7.68 Å². The van der Waals surface area contributed by atoms with E-state index >= 15 is 0 Å². The Morgan fingerprint density at radius 2 is 1.67 bits per heavy atom. The molecule has 2 aromatic carbocycles. The van der Waals surface area contributed by atoms with Crippen LogP contribution in [0.15, 0.2) is 48.5 Å². The van der Waals surface area contributed by atoms with E-state index in [2.05, 4.69) is 9.84 Å². The van der Waals surface area contributed by atoms with Crippen molar-refractivity contribution in [3.05, 3.63) is 59.7 Å². The Balaban J connectivity index is 1.71. The first kappa shape index (κ1) is 21.8. The lowest BCUT2D eigenvalue weighted by atomic mass is 10.0. The summed E-state index contributed by atoms with van der Waals surface area (Å²) in [5.41, 5.74) is 6.50. The number of carbonyl (C=O) groups excluding carboxylic acids is 2. The van der Waals surface area contributed by atoms with Crippen molar-refractivity contribution < 1.29 is 33.1 Å². The zero-order valence-electron chi connectivity index (χ0n) is 15.9. The van der Waals surface area contributed by atoms with E-state index in [0.29, 0.717) is 5.56 Å². The van der Waals surface area contributed by atoms with E-state index in [1.807, 2.05) is 0 Å². The number of nitrogens with one attached hydrogen (secondary N) is 1. The molecular weight excluding hydrogens is 416 g/mol. The lowest BCUT2D eigenvalue weighted by Gasteiger charge is -2.44. The SMILES string of the molecule is CO[P@](=O)(F)[C@@H](c1ccc(O)cc1)N1C[C@H](NC(=O)[C@H](N)c2ccc(O)cc2)C1=O. The van der Waals surface area contributed by atoms with Crippen LogP contribution in [0.25, 0.3) is 0 Å². The molecule has 0 unspecified atom stereocenters. The Kier molecular flexibility index (Phi) is 6.12. The molecule has 2 aromatic rings. The molecule has 1 fully saturated rings. The highest BCUT2D eigenvalue weighted by molar-refractivity contribution is 7.53. The van der Waals surface area contributed by atoms with Crippen molar-refractivity contribution in [1.82, 2.24) is 10.2 Å². The summed E-state index contributed by atoms with van der Waals surface area (Å²) in [5, 5.41) is 21.2. The lowest BCUT2D eigenvalue weighted by molar-refractivity contribution is -0.148. The van der Waals surface area contributed by atoms with Gasteiger partial charge in [-0.05, 0) is 35.4 Å². The average molecular weight is 437 g/mol. The molecule has 0 spiro atoms. The van der Waals surface area contributed by atoms with Gasteiger partial charge in [0.05, 0.1) is 6.54 Å². The Hall–Kier alpha value is -2.94. The third-order valence-electron chi connectivity index (χ3n) is 4.84. The van der Waals surface area contributed by atoms with E-state index in [-0.39, 0.29) is 23.6 Å². The molecule has 4 atom stereocenters. The van der Waals surface area contributed by atoms with Crippen molar-refractivity contribution in [3.63, 3.8) is 0 Å². The number of nitrogens with zero attached hydrogens (tertiary/aromatic N) is 1. The Bertz CT molecular complexity index is 985. The van der Waals surface area contributed by atoms with Crippen molar-refractivity contribution >= 4 is 19.5 Å². The van der Waals surface area contributed by atoms with Crippen LogP contribution in [0.1, 0.15) is 23.0 Å². The van der Waals surface area contributed by atoms with E-state index in [1.165, 1.54) is 48.5 Å². The quantitative estimate of drug-likeness (QED) is 0.383. The normalized spacial score (nSPS) is 20.0. The van der Waals surface area contributed by atoms with E-state index in [1.54, 1.807) is 0 Å². The van der Waals surface area contributed by atoms with Crippen molar-refractivity contribution in [3.8, 4) is 11.5 Å². The fraction of sp³-hybridized carbons (Fsp3) is 0.263. The summed E-state index contributed by atoms with van der Waals surface area (Å²) in [7, 11) is -3.81. The lowest BCUT2D eigenvalue weighted by Crippen LogP contribution is -2.65. The number of phenolic OH excluding ortho intramolecular Hbond substituents is 2. The fourth-order valence-corrected chi connectivity index (χ4v) is 4.41. The number of phenols is 2. The number of hydrogen-bond acceptors (Lipinski definition) is 7. The van der Waals surface area contributed by atoms with Gasteiger partial charge in [-0.15, -0.1) is 0 Å². The van der Waals surface area contributed by atoms with Crippen LogP contribution in [-0.2, 0) is 18.7 Å². The first-order chi connectivity index (χ1) is 14.1. The van der Waals surface area contributed by atoms with Crippen LogP contribution in [0, 0.1) is 0 Å². The van der Waals surface area contributed by atoms with E-state index in [0.717, 1.165) is 12.0 Å². The number of hydrogen-bond donors (Lipinski definition) is 4. The molecule has 0 saturated carbocycles. The number of likely N-dealkylation sites (tertiary alicyclic amines) is 1. The van der Waals surface area contributed by atoms with Crippen molar-refractivity contribution in [2.75, 3.05) is 13.7 Å². The minimum absolute atomic E-state index is 0.0187. The second kappa shape index (κ2) is 8.43. The second-order valence-corrected chi connectivity index (χ2v) is 8.69. The summed E-state index contributed by atoms with van der Waals surface area (Å²) >= 11 is 0. The third kappa shape index (κ3) is 4.30. The topological polar surface area (TPSA) is 142 Å². The van der Waals surface area contributed by atoms with Gasteiger partial charge in [0.1, 0.15) is 23.6 Å². The number of halogens is 1. The molecule has 0 radical (unpaired) electrons. The smallest absolute Gasteiger partial charge is 0.393 e. The van der Waals surface area contributed by atoms with Crippen molar-refractivity contribution in [2.45, 2.75) is 17.9 Å². The maximum atomic E-state index is 14.6. The molecule has 160 valence electrons. The number of β-lactam (4-membered cyclic amide) rings is 1. The largest absolute Gasteiger partial charge is 0.508 e. The summed E-state index contributed by atoms with van der Waals surface area (Å²) in [4.78, 5) is 26.0. The molecule has 1 heterocycles. The molecule has 3 rings (SSSR count). The molecule has 9 nitrogen and oxygen atoms in total. The number of aromatic hydroxyl groups is 2.